The van der Waals surface area contributed by atoms with Crippen LogP contribution in [0.2, 0.25) is 0 Å². The average molecular weight is 2070 g/mol. The zero-order valence-corrected chi connectivity index (χ0v) is 89.0. The van der Waals surface area contributed by atoms with E-state index in [-0.39, 0.29) is 91.0 Å². The van der Waals surface area contributed by atoms with Gasteiger partial charge in [0.15, 0.2) is 0 Å². The van der Waals surface area contributed by atoms with E-state index in [2.05, 4.69) is 222 Å². The number of carboxylic acid groups (broad SMARTS) is 1. The summed E-state index contributed by atoms with van der Waals surface area (Å²) in [6.45, 7) is 39.2. The first-order valence-electron chi connectivity index (χ1n) is 54.8. The number of para-hydroxylation sites is 8. The van der Waals surface area contributed by atoms with Gasteiger partial charge in [-0.25, -0.2) is 4.89 Å². The largest absolute Gasteiger partial charge is 0.481 e. The number of anilines is 8. The van der Waals surface area contributed by atoms with Crippen molar-refractivity contribution in [1.82, 2.24) is 41.7 Å². The van der Waals surface area contributed by atoms with Crippen LogP contribution in [0.5, 0.6) is 0 Å². The number of aliphatic carboxylic acids is 1. The third kappa shape index (κ3) is 26.0. The molecule has 14 heterocycles. The van der Waals surface area contributed by atoms with Crippen LogP contribution in [0.4, 0.5) is 50.2 Å². The monoisotopic (exact) mass is 2070 g/mol. The Hall–Kier alpha value is -8.89. The highest BCUT2D eigenvalue weighted by atomic mass is 35.5. The molecule has 28 rings (SSSR count). The van der Waals surface area contributed by atoms with E-state index in [0.717, 1.165) is 201 Å². The molecule has 2 amide bonds. The Bertz CT molecular complexity index is 5090. The molecule has 0 aromatic heterocycles. The minimum Gasteiger partial charge on any atom is -0.481 e. The lowest BCUT2D eigenvalue weighted by Gasteiger charge is -2.38. The number of nitrogens with one attached hydrogen (secondary N) is 8. The van der Waals surface area contributed by atoms with Crippen molar-refractivity contribution in [3.05, 3.63) is 236 Å². The summed E-state index contributed by atoms with van der Waals surface area (Å²) in [6.07, 6.45) is 25.6. The van der Waals surface area contributed by atoms with Crippen molar-refractivity contribution in [2.45, 2.75) is 246 Å². The van der Waals surface area contributed by atoms with Crippen LogP contribution in [0.3, 0.4) is 0 Å². The van der Waals surface area contributed by atoms with Crippen LogP contribution >= 0.6 is 37.2 Å². The molecule has 27 heteroatoms. The standard InChI is InChI=1S/C17H22N2O.5C15H20N2.C11H14N2O.C9H12N2.C6H12O4.2CH4.B.3ClH.FH.H2/c1-12(20)18-8-9-19-10-13-4-2-6-15(13)16-7-3-5-14(11-18)17(16)19;5*1-3-11-9-16-7-8-17-10-12-4-2-5-13(12)14(6-1)15(11)17;1-9(14)13-7-6-12-11-5-3-2-4-10(11)8-13;1-2-4-9-8(3-1)7-10-5-6-11-9;1-4(3-10-9)5(2)6(7)8;;;;;;;;/h3,5,7,13,15H,2,4,6,8-11H2,1H3;5*1,3,6,12-13,16H,2,4-5,7-10H2;2-5,12H,6-8H2,1H3;1-4,10-11H,5-7H2;4-5,9H,3H2,1-2H3,(H,7,8);2*1H4;;5*1H/t;3*12-,13-;;;;;4-,5+;;;;;;;;/m.000....0......../s1/i;;;;;;;;;;;;;;;;1+1. The fourth-order valence-corrected chi connectivity index (χ4v) is 28.6. The molecule has 6 saturated carbocycles. The second kappa shape index (κ2) is 54.4. The predicted molar refractivity (Wildman–Crippen MR) is 615 cm³/mol. The van der Waals surface area contributed by atoms with E-state index in [4.69, 9.17) is 10.4 Å². The van der Waals surface area contributed by atoms with Crippen molar-refractivity contribution in [3.8, 4) is 0 Å². The molecular weight excluding hydrogens is 1900 g/mol. The summed E-state index contributed by atoms with van der Waals surface area (Å²) in [5.41, 5.74) is 33.1. The van der Waals surface area contributed by atoms with Crippen LogP contribution in [-0.4, -0.2) is 197 Å². The fourth-order valence-electron chi connectivity index (χ4n) is 28.6. The Labute approximate surface area is 900 Å². The van der Waals surface area contributed by atoms with Crippen LogP contribution < -0.4 is 71.9 Å². The zero-order chi connectivity index (χ0) is 95.5. The molecule has 20 aliphatic rings. The summed E-state index contributed by atoms with van der Waals surface area (Å²) in [7, 11) is 0. The van der Waals surface area contributed by atoms with Crippen LogP contribution in [0.15, 0.2) is 158 Å². The van der Waals surface area contributed by atoms with Gasteiger partial charge in [0.25, 0.3) is 0 Å². The summed E-state index contributed by atoms with van der Waals surface area (Å²) < 4.78 is 0. The van der Waals surface area contributed by atoms with Gasteiger partial charge in [-0.3, -0.25) is 24.3 Å². The number of hydrogen-bond acceptors (Lipinski definition) is 19. The number of fused-ring (bicyclic) bond motifs is 14. The molecule has 0 bridgehead atoms. The van der Waals surface area contributed by atoms with E-state index in [1.54, 1.807) is 89.5 Å². The maximum atomic E-state index is 11.8. The molecular formula is C120H174BCl3FN16O6. The molecule has 8 aromatic carbocycles. The molecule has 6 aliphatic carbocycles. The van der Waals surface area contributed by atoms with Crippen LogP contribution in [0.1, 0.15) is 273 Å². The van der Waals surface area contributed by atoms with Crippen molar-refractivity contribution in [2.75, 3.05) is 191 Å². The molecule has 6 unspecified atom stereocenters. The molecule has 8 aromatic rings. The van der Waals surface area contributed by atoms with E-state index in [1.807, 2.05) is 21.9 Å². The lowest BCUT2D eigenvalue weighted by atomic mass is 9.82. The lowest BCUT2D eigenvalue weighted by Crippen LogP contribution is -2.39. The number of carboxylic acids is 1. The highest BCUT2D eigenvalue weighted by Crippen LogP contribution is 2.56. The molecule has 22 nitrogen and oxygen atoms in total. The van der Waals surface area contributed by atoms with Gasteiger partial charge >= 0.3 is 5.97 Å². The third-order valence-electron chi connectivity index (χ3n) is 35.8. The van der Waals surface area contributed by atoms with Gasteiger partial charge in [0.05, 0.1) is 12.5 Å². The number of rotatable bonds is 4. The van der Waals surface area contributed by atoms with Crippen LogP contribution in [0, 0.1) is 47.3 Å². The number of halogens is 4. The molecule has 147 heavy (non-hydrogen) atoms. The van der Waals surface area contributed by atoms with Gasteiger partial charge in [0, 0.05) is 266 Å². The highest BCUT2D eigenvalue weighted by molar-refractivity contribution is 5.86. The van der Waals surface area contributed by atoms with Crippen molar-refractivity contribution in [3.63, 3.8) is 0 Å². The van der Waals surface area contributed by atoms with Crippen molar-refractivity contribution >= 4 is 109 Å². The van der Waals surface area contributed by atoms with Gasteiger partial charge in [-0.05, 0) is 244 Å². The summed E-state index contributed by atoms with van der Waals surface area (Å²) in [6, 6.07) is 58.1. The maximum absolute atomic E-state index is 11.8. The fraction of sp³-hybridized carbons (Fsp3) is 0.575. The summed E-state index contributed by atoms with van der Waals surface area (Å²) in [5, 5.41) is 44.2. The highest BCUT2D eigenvalue weighted by Gasteiger charge is 2.45. The van der Waals surface area contributed by atoms with Gasteiger partial charge < -0.3 is 86.8 Å². The number of carbonyl (C=O) groups is 3. The summed E-state index contributed by atoms with van der Waals surface area (Å²) in [4.78, 5) is 56.8. The Balaban J connectivity index is 0.000000148. The molecule has 10 N–H and O–H groups in total. The lowest BCUT2D eigenvalue weighted by molar-refractivity contribution is -0.252. The number of amides is 2. The average Bonchev–Trinajstić information content (AvgIpc) is 1.61. The Morgan fingerprint density at radius 1 is 0.327 bits per heavy atom. The van der Waals surface area contributed by atoms with E-state index in [1.165, 1.54) is 243 Å². The molecule has 0 spiro atoms. The normalized spacial score (nSPS) is 25.3. The molecule has 3 radical (unpaired) electrons. The Morgan fingerprint density at radius 3 is 0.905 bits per heavy atom. The number of carbonyl (C=O) groups excluding carboxylic acids is 2. The molecule has 801 valence electrons. The SMILES string of the molecule is C.C.CC(=O)N1CCN2CC3CCCC3c3cccc(c32)C1.CC(=O)N1CCNc2ccccc2C1.C[C@@H](COO)[C@@H](C)C(=O)O.Cl.Cl.Cl.F.[2HH].[B].c1cc2c3c(c1)C1CCCC1CN3CCNC2.c1cc2c3c(c1)C1CCCC1CN3CCNC2.c1cc2c3c(c1)[C@H]1CCC[C@H]1CN3CCNC2.c1cc2c3c(c1)[C@H]1CCC[C@H]1CN3CCNC2.c1cc2c3c(c1)[C@H]1CCC[C@H]1CN3CCNC2.c1ccc2c(c1)CNCCN2. The van der Waals surface area contributed by atoms with E-state index < -0.39 is 11.9 Å². The first kappa shape index (κ1) is 115. The predicted octanol–water partition coefficient (Wildman–Crippen LogP) is 21.3. The topological polar surface area (TPSA) is 223 Å². The zero-order valence-electron chi connectivity index (χ0n) is 86.6. The summed E-state index contributed by atoms with van der Waals surface area (Å²) in [5.74, 6) is 9.36. The van der Waals surface area contributed by atoms with Crippen molar-refractivity contribution < 1.29 is 35.8 Å². The van der Waals surface area contributed by atoms with Crippen LogP contribution in [0.25, 0.3) is 0 Å². The molecule has 14 atom stereocenters. The van der Waals surface area contributed by atoms with Gasteiger partial charge in [-0.2, -0.15) is 0 Å². The minimum absolute atomic E-state index is 0. The number of hydrogen-bond donors (Lipinski definition) is 10. The van der Waals surface area contributed by atoms with Crippen LogP contribution in [-0.2, 0) is 71.6 Å². The van der Waals surface area contributed by atoms with Gasteiger partial charge in [-0.1, -0.05) is 213 Å². The maximum Gasteiger partial charge on any atom is 0.306 e. The smallest absolute Gasteiger partial charge is 0.306 e. The van der Waals surface area contributed by atoms with Crippen molar-refractivity contribution in [2.24, 2.45) is 47.3 Å². The molecule has 6 fully saturated rings. The van der Waals surface area contributed by atoms with E-state index in [0.29, 0.717) is 0 Å². The molecule has 14 aliphatic heterocycles. The third-order valence-corrected chi connectivity index (χ3v) is 35.8. The van der Waals surface area contributed by atoms with E-state index >= 15 is 0 Å². The van der Waals surface area contributed by atoms with E-state index in [9.17, 15) is 14.4 Å². The molecule has 0 saturated heterocycles. The second-order valence-electron chi connectivity index (χ2n) is 44.1. The minimum atomic E-state index is -0.871. The van der Waals surface area contributed by atoms with Gasteiger partial charge in [0.1, 0.15) is 0 Å². The summed E-state index contributed by atoms with van der Waals surface area (Å²) >= 11 is 0. The second-order valence-corrected chi connectivity index (χ2v) is 44.1. The quantitative estimate of drug-likeness (QED) is 0.0449. The number of nitrogens with zero attached hydrogens (tertiary/aromatic N) is 8. The number of benzene rings is 8. The Kier molecular flexibility index (Phi) is 42.6. The van der Waals surface area contributed by atoms with Gasteiger partial charge in [-0.15, -0.1) is 37.2 Å². The Morgan fingerprint density at radius 2 is 0.585 bits per heavy atom. The first-order valence-corrected chi connectivity index (χ1v) is 54.8. The first-order chi connectivity index (χ1) is 68.7. The van der Waals surface area contributed by atoms with Gasteiger partial charge in [0.2, 0.25) is 11.8 Å². The van der Waals surface area contributed by atoms with Crippen molar-refractivity contribution in [1.29, 1.82) is 0 Å².